The van der Waals surface area contributed by atoms with Crippen LogP contribution in [0.5, 0.6) is 0 Å². The largest absolute Gasteiger partial charge is 0.326 e. The van der Waals surface area contributed by atoms with E-state index in [1.807, 2.05) is 0 Å². The highest BCUT2D eigenvalue weighted by atomic mass is 35.5. The van der Waals surface area contributed by atoms with Crippen LogP contribution in [0.1, 0.15) is 18.4 Å². The van der Waals surface area contributed by atoms with E-state index in [0.717, 1.165) is 0 Å². The third-order valence-corrected chi connectivity index (χ3v) is 5.32. The minimum absolute atomic E-state index is 0.0492. The molecule has 0 radical (unpaired) electrons. The third-order valence-electron chi connectivity index (χ3n) is 4.53. The lowest BCUT2D eigenvalue weighted by atomic mass is 9.95. The molecule has 0 atom stereocenters. The minimum Gasteiger partial charge on any atom is -0.326 e. The molecule has 1 N–H and O–H groups in total. The van der Waals surface area contributed by atoms with E-state index in [1.54, 1.807) is 30.3 Å². The van der Waals surface area contributed by atoms with Crippen LogP contribution in [0.2, 0.25) is 15.1 Å². The predicted molar refractivity (Wildman–Crippen MR) is 105 cm³/mol. The topological polar surface area (TPSA) is 32.3 Å². The van der Waals surface area contributed by atoms with Gasteiger partial charge in [0.1, 0.15) is 5.82 Å². The smallest absolute Gasteiger partial charge is 0.227 e. The molecule has 1 aliphatic heterocycles. The van der Waals surface area contributed by atoms with Crippen molar-refractivity contribution in [3.8, 4) is 0 Å². The Hall–Kier alpha value is -1.33. The summed E-state index contributed by atoms with van der Waals surface area (Å²) in [6.07, 6.45) is 1.40. The number of halogens is 4. The summed E-state index contributed by atoms with van der Waals surface area (Å²) >= 11 is 18.0. The Labute approximate surface area is 167 Å². The molecule has 2 aromatic carbocycles. The summed E-state index contributed by atoms with van der Waals surface area (Å²) < 4.78 is 13.9. The van der Waals surface area contributed by atoms with Crippen LogP contribution in [0.15, 0.2) is 36.4 Å². The standard InChI is InChI=1S/C19H18Cl3FN2O/c20-13-8-14(21)10-15(9-13)24-19(26)12-4-6-25(7-5-12)11-16-17(22)2-1-3-18(16)23/h1-3,8-10,12H,4-7,11H2,(H,24,26). The van der Waals surface area contributed by atoms with Crippen molar-refractivity contribution in [1.29, 1.82) is 0 Å². The van der Waals surface area contributed by atoms with Crippen LogP contribution in [0.25, 0.3) is 0 Å². The van der Waals surface area contributed by atoms with E-state index in [2.05, 4.69) is 10.2 Å². The van der Waals surface area contributed by atoms with Gasteiger partial charge in [-0.15, -0.1) is 0 Å². The number of nitrogens with zero attached hydrogens (tertiary/aromatic N) is 1. The molecule has 1 heterocycles. The Morgan fingerprint density at radius 3 is 2.38 bits per heavy atom. The van der Waals surface area contributed by atoms with Crippen LogP contribution in [0, 0.1) is 11.7 Å². The van der Waals surface area contributed by atoms with Gasteiger partial charge in [-0.25, -0.2) is 4.39 Å². The van der Waals surface area contributed by atoms with E-state index >= 15 is 0 Å². The van der Waals surface area contributed by atoms with Gasteiger partial charge in [0.25, 0.3) is 0 Å². The van der Waals surface area contributed by atoms with Crippen molar-refractivity contribution in [1.82, 2.24) is 4.90 Å². The van der Waals surface area contributed by atoms with Crippen LogP contribution in [-0.4, -0.2) is 23.9 Å². The van der Waals surface area contributed by atoms with E-state index in [4.69, 9.17) is 34.8 Å². The maximum Gasteiger partial charge on any atom is 0.227 e. The summed E-state index contributed by atoms with van der Waals surface area (Å²) in [4.78, 5) is 14.6. The molecule has 1 saturated heterocycles. The second-order valence-electron chi connectivity index (χ2n) is 6.40. The van der Waals surface area contributed by atoms with Crippen molar-refractivity contribution in [3.63, 3.8) is 0 Å². The van der Waals surface area contributed by atoms with Crippen molar-refractivity contribution in [3.05, 3.63) is 62.8 Å². The second-order valence-corrected chi connectivity index (χ2v) is 7.68. The lowest BCUT2D eigenvalue weighted by Crippen LogP contribution is -2.38. The van der Waals surface area contributed by atoms with Gasteiger partial charge in [-0.2, -0.15) is 0 Å². The number of rotatable bonds is 4. The number of carbonyl (C=O) groups excluding carboxylic acids is 1. The van der Waals surface area contributed by atoms with Crippen molar-refractivity contribution >= 4 is 46.4 Å². The molecule has 7 heteroatoms. The highest BCUT2D eigenvalue weighted by Gasteiger charge is 2.26. The van der Waals surface area contributed by atoms with Crippen molar-refractivity contribution in [2.45, 2.75) is 19.4 Å². The van der Waals surface area contributed by atoms with E-state index < -0.39 is 0 Å². The molecular weight excluding hydrogens is 398 g/mol. The number of likely N-dealkylation sites (tertiary alicyclic amines) is 1. The van der Waals surface area contributed by atoms with E-state index in [0.29, 0.717) is 58.8 Å². The van der Waals surface area contributed by atoms with Crippen molar-refractivity contribution in [2.24, 2.45) is 5.92 Å². The molecule has 0 saturated carbocycles. The lowest BCUT2D eigenvalue weighted by molar-refractivity contribution is -0.121. The van der Waals surface area contributed by atoms with Crippen LogP contribution >= 0.6 is 34.8 Å². The monoisotopic (exact) mass is 414 g/mol. The quantitative estimate of drug-likeness (QED) is 0.701. The van der Waals surface area contributed by atoms with Gasteiger partial charge in [0, 0.05) is 38.8 Å². The van der Waals surface area contributed by atoms with Gasteiger partial charge in [-0.3, -0.25) is 9.69 Å². The lowest BCUT2D eigenvalue weighted by Gasteiger charge is -2.31. The molecular formula is C19H18Cl3FN2O. The molecule has 26 heavy (non-hydrogen) atoms. The fourth-order valence-corrected chi connectivity index (χ4v) is 3.88. The Balaban J connectivity index is 1.55. The van der Waals surface area contributed by atoms with Crippen molar-refractivity contribution < 1.29 is 9.18 Å². The van der Waals surface area contributed by atoms with E-state index in [1.165, 1.54) is 6.07 Å². The van der Waals surface area contributed by atoms with Gasteiger partial charge in [0.05, 0.1) is 0 Å². The summed E-state index contributed by atoms with van der Waals surface area (Å²) in [7, 11) is 0. The first kappa shape index (κ1) is 19.4. The highest BCUT2D eigenvalue weighted by molar-refractivity contribution is 6.35. The van der Waals surface area contributed by atoms with Crippen molar-refractivity contribution in [2.75, 3.05) is 18.4 Å². The molecule has 0 aromatic heterocycles. The number of piperidine rings is 1. The minimum atomic E-state index is -0.296. The summed E-state index contributed by atoms with van der Waals surface area (Å²) in [5, 5.41) is 4.25. The zero-order valence-electron chi connectivity index (χ0n) is 13.9. The number of anilines is 1. The SMILES string of the molecule is O=C(Nc1cc(Cl)cc(Cl)c1)C1CCN(Cc2c(F)cccc2Cl)CC1. The van der Waals surface area contributed by atoms with E-state index in [9.17, 15) is 9.18 Å². The molecule has 0 unspecified atom stereocenters. The number of benzene rings is 2. The molecule has 0 aliphatic carbocycles. The molecule has 1 fully saturated rings. The van der Waals surface area contributed by atoms with Gasteiger partial charge < -0.3 is 5.32 Å². The van der Waals surface area contributed by atoms with Gasteiger partial charge in [-0.1, -0.05) is 40.9 Å². The summed E-state index contributed by atoms with van der Waals surface area (Å²) in [5.74, 6) is -0.442. The van der Waals surface area contributed by atoms with Gasteiger partial charge >= 0.3 is 0 Å². The Morgan fingerprint density at radius 2 is 1.77 bits per heavy atom. The Morgan fingerprint density at radius 1 is 1.12 bits per heavy atom. The molecule has 138 valence electrons. The first-order valence-corrected chi connectivity index (χ1v) is 9.48. The Kier molecular flexibility index (Phi) is 6.41. The first-order valence-electron chi connectivity index (χ1n) is 8.34. The number of nitrogens with one attached hydrogen (secondary N) is 1. The van der Waals surface area contributed by atoms with E-state index in [-0.39, 0.29) is 17.6 Å². The molecule has 0 spiro atoms. The maximum atomic E-state index is 13.9. The van der Waals surface area contributed by atoms with Gasteiger partial charge in [0.2, 0.25) is 5.91 Å². The number of hydrogen-bond donors (Lipinski definition) is 1. The normalized spacial score (nSPS) is 15.8. The van der Waals surface area contributed by atoms with Crippen LogP contribution in [0.3, 0.4) is 0 Å². The molecule has 2 aromatic rings. The zero-order valence-corrected chi connectivity index (χ0v) is 16.2. The fraction of sp³-hybridized carbons (Fsp3) is 0.316. The molecule has 3 rings (SSSR count). The molecule has 0 bridgehead atoms. The van der Waals surface area contributed by atoms with Gasteiger partial charge in [-0.05, 0) is 56.3 Å². The molecule has 1 amide bonds. The van der Waals surface area contributed by atoms with Gasteiger partial charge in [0.15, 0.2) is 0 Å². The summed E-state index contributed by atoms with van der Waals surface area (Å²) in [6.45, 7) is 1.86. The third kappa shape index (κ3) is 4.89. The maximum absolute atomic E-state index is 13.9. The summed E-state index contributed by atoms with van der Waals surface area (Å²) in [6, 6.07) is 9.65. The summed E-state index contributed by atoms with van der Waals surface area (Å²) in [5.41, 5.74) is 1.10. The predicted octanol–water partition coefficient (Wildman–Crippen LogP) is 5.64. The average molecular weight is 416 g/mol. The first-order chi connectivity index (χ1) is 12.4. The van der Waals surface area contributed by atoms with Crippen LogP contribution in [-0.2, 0) is 11.3 Å². The van der Waals surface area contributed by atoms with Crippen LogP contribution < -0.4 is 5.32 Å². The molecule has 1 aliphatic rings. The fourth-order valence-electron chi connectivity index (χ4n) is 3.13. The Bertz CT molecular complexity index is 767. The second kappa shape index (κ2) is 8.57. The molecule has 3 nitrogen and oxygen atoms in total. The zero-order chi connectivity index (χ0) is 18.7. The number of carbonyl (C=O) groups is 1. The van der Waals surface area contributed by atoms with Crippen LogP contribution in [0.4, 0.5) is 10.1 Å². The average Bonchev–Trinajstić information content (AvgIpc) is 2.58. The highest BCUT2D eigenvalue weighted by Crippen LogP contribution is 2.26. The number of hydrogen-bond acceptors (Lipinski definition) is 2. The number of amides is 1.